The van der Waals surface area contributed by atoms with E-state index in [0.717, 1.165) is 0 Å². The summed E-state index contributed by atoms with van der Waals surface area (Å²) in [6.45, 7) is 7.17. The highest BCUT2D eigenvalue weighted by Crippen LogP contribution is 2.22. The first-order valence-corrected chi connectivity index (χ1v) is 7.68. The molecule has 0 aliphatic carbocycles. The lowest BCUT2D eigenvalue weighted by molar-refractivity contribution is 0.0322. The van der Waals surface area contributed by atoms with E-state index in [2.05, 4.69) is 15.3 Å². The van der Waals surface area contributed by atoms with Crippen LogP contribution >= 0.6 is 11.6 Å². The molecule has 2 aromatic heterocycles. The van der Waals surface area contributed by atoms with Crippen molar-refractivity contribution in [2.24, 2.45) is 0 Å². The van der Waals surface area contributed by atoms with Gasteiger partial charge in [-0.15, -0.1) is 0 Å². The molecule has 0 saturated carbocycles. The molecule has 124 valence electrons. The average Bonchev–Trinajstić information content (AvgIpc) is 2.92. The van der Waals surface area contributed by atoms with E-state index in [1.807, 2.05) is 13.8 Å². The fraction of sp³-hybridized carbons (Fsp3) is 0.438. The highest BCUT2D eigenvalue weighted by molar-refractivity contribution is 6.33. The zero-order valence-electron chi connectivity index (χ0n) is 13.6. The molecule has 7 heteroatoms. The Hall–Kier alpha value is -1.92. The highest BCUT2D eigenvalue weighted by Gasteiger charge is 2.28. The molecule has 0 radical (unpaired) electrons. The number of hydrogen-bond acceptors (Lipinski definition) is 5. The number of carbonyl (C=O) groups excluding carboxylic acids is 1. The molecule has 1 unspecified atom stereocenters. The molecule has 0 spiro atoms. The maximum absolute atomic E-state index is 12.3. The lowest BCUT2D eigenvalue weighted by Gasteiger charge is -2.21. The number of nitrogens with zero attached hydrogens (tertiary/aromatic N) is 2. The SMILES string of the molecule is Cc1ccc(C(C)(O)CNC(=O)c2nc(C(C)C)ncc2Cl)o1. The van der Waals surface area contributed by atoms with Gasteiger partial charge in [0.2, 0.25) is 0 Å². The van der Waals surface area contributed by atoms with Gasteiger partial charge in [0.05, 0.1) is 17.8 Å². The number of hydrogen-bond donors (Lipinski definition) is 2. The molecule has 2 rings (SSSR count). The molecule has 0 saturated heterocycles. The van der Waals surface area contributed by atoms with Crippen molar-refractivity contribution in [1.82, 2.24) is 15.3 Å². The van der Waals surface area contributed by atoms with Gasteiger partial charge in [0.15, 0.2) is 0 Å². The predicted molar refractivity (Wildman–Crippen MR) is 86.5 cm³/mol. The minimum Gasteiger partial charge on any atom is -0.463 e. The molecule has 6 nitrogen and oxygen atoms in total. The van der Waals surface area contributed by atoms with Crippen LogP contribution in [0.2, 0.25) is 5.02 Å². The van der Waals surface area contributed by atoms with Gasteiger partial charge in [0.1, 0.15) is 28.6 Å². The molecule has 0 aromatic carbocycles. The minimum absolute atomic E-state index is 0.0316. The Kier molecular flexibility index (Phi) is 5.06. The summed E-state index contributed by atoms with van der Waals surface area (Å²) in [5.41, 5.74) is -1.23. The Morgan fingerprint density at radius 3 is 2.74 bits per heavy atom. The number of furan rings is 1. The van der Waals surface area contributed by atoms with E-state index in [9.17, 15) is 9.90 Å². The maximum atomic E-state index is 12.3. The van der Waals surface area contributed by atoms with E-state index < -0.39 is 11.5 Å². The van der Waals surface area contributed by atoms with E-state index in [-0.39, 0.29) is 23.2 Å². The van der Waals surface area contributed by atoms with E-state index in [1.54, 1.807) is 26.0 Å². The van der Waals surface area contributed by atoms with Gasteiger partial charge < -0.3 is 14.8 Å². The topological polar surface area (TPSA) is 88.2 Å². The lowest BCUT2D eigenvalue weighted by Crippen LogP contribution is -2.38. The molecule has 23 heavy (non-hydrogen) atoms. The quantitative estimate of drug-likeness (QED) is 0.875. The number of amides is 1. The normalized spacial score (nSPS) is 13.9. The van der Waals surface area contributed by atoms with Gasteiger partial charge in [-0.1, -0.05) is 25.4 Å². The van der Waals surface area contributed by atoms with Crippen molar-refractivity contribution in [1.29, 1.82) is 0 Å². The molecule has 2 N–H and O–H groups in total. The smallest absolute Gasteiger partial charge is 0.271 e. The van der Waals surface area contributed by atoms with Crippen LogP contribution in [0.1, 0.15) is 54.5 Å². The second-order valence-electron chi connectivity index (χ2n) is 5.95. The van der Waals surface area contributed by atoms with Gasteiger partial charge in [-0.3, -0.25) is 4.79 Å². The minimum atomic E-state index is -1.33. The summed E-state index contributed by atoms with van der Waals surface area (Å²) in [7, 11) is 0. The van der Waals surface area contributed by atoms with E-state index in [1.165, 1.54) is 6.20 Å². The van der Waals surface area contributed by atoms with Crippen molar-refractivity contribution in [2.75, 3.05) is 6.54 Å². The summed E-state index contributed by atoms with van der Waals surface area (Å²) < 4.78 is 5.41. The third kappa shape index (κ3) is 4.09. The van der Waals surface area contributed by atoms with Crippen LogP contribution < -0.4 is 5.32 Å². The largest absolute Gasteiger partial charge is 0.463 e. The van der Waals surface area contributed by atoms with Crippen molar-refractivity contribution in [3.63, 3.8) is 0 Å². The predicted octanol–water partition coefficient (Wildman–Crippen LogP) is 2.79. The van der Waals surface area contributed by atoms with Crippen molar-refractivity contribution in [2.45, 2.75) is 39.2 Å². The van der Waals surface area contributed by atoms with Gasteiger partial charge in [-0.05, 0) is 26.0 Å². The first-order valence-electron chi connectivity index (χ1n) is 7.30. The monoisotopic (exact) mass is 337 g/mol. The van der Waals surface area contributed by atoms with Crippen molar-refractivity contribution < 1.29 is 14.3 Å². The van der Waals surface area contributed by atoms with Crippen LogP contribution in [0.25, 0.3) is 0 Å². The Morgan fingerprint density at radius 2 is 2.17 bits per heavy atom. The van der Waals surface area contributed by atoms with Crippen molar-refractivity contribution >= 4 is 17.5 Å². The van der Waals surface area contributed by atoms with E-state index in [0.29, 0.717) is 17.3 Å². The molecule has 0 fully saturated rings. The fourth-order valence-electron chi connectivity index (χ4n) is 1.97. The molecular weight excluding hydrogens is 318 g/mol. The summed E-state index contributed by atoms with van der Waals surface area (Å²) in [6.07, 6.45) is 1.41. The third-order valence-electron chi connectivity index (χ3n) is 3.36. The number of nitrogens with one attached hydrogen (secondary N) is 1. The van der Waals surface area contributed by atoms with E-state index >= 15 is 0 Å². The first kappa shape index (κ1) is 17.4. The summed E-state index contributed by atoms with van der Waals surface area (Å²) in [5.74, 6) is 1.21. The van der Waals surface area contributed by atoms with Gasteiger partial charge in [-0.25, -0.2) is 9.97 Å². The Labute approximate surface area is 139 Å². The van der Waals surface area contributed by atoms with Crippen LogP contribution in [-0.4, -0.2) is 27.5 Å². The molecule has 0 aliphatic rings. The average molecular weight is 338 g/mol. The second kappa shape index (κ2) is 6.68. The maximum Gasteiger partial charge on any atom is 0.271 e. The summed E-state index contributed by atoms with van der Waals surface area (Å²) in [5, 5.41) is 13.2. The van der Waals surface area contributed by atoms with Gasteiger partial charge in [0.25, 0.3) is 5.91 Å². The Balaban J connectivity index is 2.12. The van der Waals surface area contributed by atoms with Crippen LogP contribution in [0.4, 0.5) is 0 Å². The third-order valence-corrected chi connectivity index (χ3v) is 3.64. The zero-order valence-corrected chi connectivity index (χ0v) is 14.3. The van der Waals surface area contributed by atoms with Gasteiger partial charge in [0, 0.05) is 5.92 Å². The highest BCUT2D eigenvalue weighted by atomic mass is 35.5. The van der Waals surface area contributed by atoms with Crippen LogP contribution in [-0.2, 0) is 5.60 Å². The number of carbonyl (C=O) groups is 1. The van der Waals surface area contributed by atoms with Crippen LogP contribution in [0, 0.1) is 6.92 Å². The molecule has 0 bridgehead atoms. The van der Waals surface area contributed by atoms with Crippen molar-refractivity contribution in [3.8, 4) is 0 Å². The molecular formula is C16H20ClN3O3. The zero-order chi connectivity index (χ0) is 17.2. The Morgan fingerprint density at radius 1 is 1.48 bits per heavy atom. The molecule has 1 atom stereocenters. The number of rotatable bonds is 5. The molecule has 0 aliphatic heterocycles. The number of halogens is 1. The molecule has 2 heterocycles. The summed E-state index contributed by atoms with van der Waals surface area (Å²) >= 11 is 6.00. The molecule has 1 amide bonds. The standard InChI is InChI=1S/C16H20ClN3O3/c1-9(2)14-18-7-11(17)13(20-14)15(21)19-8-16(4,22)12-6-5-10(3)23-12/h5-7,9,22H,8H2,1-4H3,(H,19,21). The van der Waals surface area contributed by atoms with Gasteiger partial charge in [-0.2, -0.15) is 0 Å². The number of aryl methyl sites for hydroxylation is 1. The number of aliphatic hydroxyl groups is 1. The summed E-state index contributed by atoms with van der Waals surface area (Å²) in [6, 6.07) is 3.43. The van der Waals surface area contributed by atoms with E-state index in [4.69, 9.17) is 16.0 Å². The number of aromatic nitrogens is 2. The van der Waals surface area contributed by atoms with Crippen LogP contribution in [0.3, 0.4) is 0 Å². The summed E-state index contributed by atoms with van der Waals surface area (Å²) in [4.78, 5) is 20.6. The first-order chi connectivity index (χ1) is 10.7. The van der Waals surface area contributed by atoms with Crippen molar-refractivity contribution in [3.05, 3.63) is 46.4 Å². The second-order valence-corrected chi connectivity index (χ2v) is 6.35. The lowest BCUT2D eigenvalue weighted by atomic mass is 10.0. The molecule has 2 aromatic rings. The Bertz CT molecular complexity index is 710. The fourth-order valence-corrected chi connectivity index (χ4v) is 2.14. The van der Waals surface area contributed by atoms with Crippen LogP contribution in [0.5, 0.6) is 0 Å². The van der Waals surface area contributed by atoms with Gasteiger partial charge >= 0.3 is 0 Å². The van der Waals surface area contributed by atoms with Crippen LogP contribution in [0.15, 0.2) is 22.7 Å².